The van der Waals surface area contributed by atoms with Crippen LogP contribution in [0.1, 0.15) is 18.4 Å². The molecule has 1 atom stereocenters. The van der Waals surface area contributed by atoms with Gasteiger partial charge in [0.1, 0.15) is 0 Å². The number of ether oxygens (including phenoxy) is 2. The molecule has 2 aromatic rings. The summed E-state index contributed by atoms with van der Waals surface area (Å²) < 4.78 is 10.6. The molecule has 8 heteroatoms. The van der Waals surface area contributed by atoms with Crippen molar-refractivity contribution in [2.24, 2.45) is 0 Å². The van der Waals surface area contributed by atoms with Crippen LogP contribution in [0.4, 0.5) is 10.7 Å². The molecule has 0 radical (unpaired) electrons. The number of aryl methyl sites for hydroxylation is 1. The predicted octanol–water partition coefficient (Wildman–Crippen LogP) is 1.63. The minimum absolute atomic E-state index is 0.0772. The lowest BCUT2D eigenvalue weighted by molar-refractivity contribution is 0.108. The van der Waals surface area contributed by atoms with Crippen LogP contribution >= 0.6 is 0 Å². The second kappa shape index (κ2) is 6.66. The van der Waals surface area contributed by atoms with Gasteiger partial charge in [-0.05, 0) is 25.3 Å². The fourth-order valence-corrected chi connectivity index (χ4v) is 2.46. The molecule has 4 N–H and O–H groups in total. The van der Waals surface area contributed by atoms with E-state index in [-0.39, 0.29) is 12.1 Å². The zero-order chi connectivity index (χ0) is 16.2. The minimum atomic E-state index is -0.521. The molecule has 1 aliphatic rings. The Morgan fingerprint density at radius 2 is 2.48 bits per heavy atom. The van der Waals surface area contributed by atoms with Crippen molar-refractivity contribution in [1.29, 1.82) is 0 Å². The molecule has 1 saturated heterocycles. The number of nitrogens with one attached hydrogen (secondary N) is 2. The summed E-state index contributed by atoms with van der Waals surface area (Å²) >= 11 is 0. The minimum Gasteiger partial charge on any atom is -0.393 e. The number of H-pyrrole nitrogens is 1. The molecule has 3 rings (SSSR count). The van der Waals surface area contributed by atoms with Crippen molar-refractivity contribution in [3.8, 4) is 17.1 Å². The van der Waals surface area contributed by atoms with Gasteiger partial charge in [0.05, 0.1) is 11.8 Å². The van der Waals surface area contributed by atoms with Gasteiger partial charge in [0, 0.05) is 37.2 Å². The Hall–Kier alpha value is -2.61. The van der Waals surface area contributed by atoms with Crippen LogP contribution in [0.15, 0.2) is 18.5 Å². The molecule has 0 spiro atoms. The van der Waals surface area contributed by atoms with E-state index in [4.69, 9.17) is 15.2 Å². The second-order valence-corrected chi connectivity index (χ2v) is 5.42. The standard InChI is InChI=1S/C15H19N5O3/c1-9-6-18-14(16)20-13(9)10-5-12(17-7-10)23-15(21)19-8-11-3-2-4-22-11/h5-7,11,17H,2-4,8H2,1H3,(H,19,21)(H2,16,18,20). The van der Waals surface area contributed by atoms with Crippen LogP contribution in [0.5, 0.6) is 5.88 Å². The van der Waals surface area contributed by atoms with E-state index in [9.17, 15) is 4.79 Å². The van der Waals surface area contributed by atoms with Gasteiger partial charge in [0.15, 0.2) is 0 Å². The zero-order valence-electron chi connectivity index (χ0n) is 12.8. The van der Waals surface area contributed by atoms with E-state index in [0.29, 0.717) is 18.1 Å². The maximum atomic E-state index is 11.8. The lowest BCUT2D eigenvalue weighted by Gasteiger charge is -2.10. The number of rotatable bonds is 4. The molecule has 8 nitrogen and oxygen atoms in total. The Morgan fingerprint density at radius 3 is 3.26 bits per heavy atom. The maximum Gasteiger partial charge on any atom is 0.413 e. The van der Waals surface area contributed by atoms with Crippen LogP contribution in [-0.2, 0) is 4.74 Å². The van der Waals surface area contributed by atoms with Crippen LogP contribution in [-0.4, -0.2) is 40.3 Å². The van der Waals surface area contributed by atoms with Gasteiger partial charge in [-0.3, -0.25) is 0 Å². The summed E-state index contributed by atoms with van der Waals surface area (Å²) in [6.07, 6.45) is 4.91. The van der Waals surface area contributed by atoms with Crippen molar-refractivity contribution in [1.82, 2.24) is 20.3 Å². The zero-order valence-corrected chi connectivity index (χ0v) is 12.8. The molecular formula is C15H19N5O3. The third-order valence-electron chi connectivity index (χ3n) is 3.62. The molecule has 0 bridgehead atoms. The van der Waals surface area contributed by atoms with Crippen molar-refractivity contribution in [3.05, 3.63) is 24.0 Å². The summed E-state index contributed by atoms with van der Waals surface area (Å²) in [4.78, 5) is 22.8. The van der Waals surface area contributed by atoms with E-state index in [1.54, 1.807) is 18.5 Å². The largest absolute Gasteiger partial charge is 0.413 e. The smallest absolute Gasteiger partial charge is 0.393 e. The second-order valence-electron chi connectivity index (χ2n) is 5.42. The molecule has 23 heavy (non-hydrogen) atoms. The third-order valence-corrected chi connectivity index (χ3v) is 3.62. The van der Waals surface area contributed by atoms with Gasteiger partial charge in [0.25, 0.3) is 0 Å². The highest BCUT2D eigenvalue weighted by Gasteiger charge is 2.17. The van der Waals surface area contributed by atoms with Crippen molar-refractivity contribution in [3.63, 3.8) is 0 Å². The van der Waals surface area contributed by atoms with Gasteiger partial charge in [0.2, 0.25) is 11.8 Å². The summed E-state index contributed by atoms with van der Waals surface area (Å²) in [5, 5.41) is 2.69. The predicted molar refractivity (Wildman–Crippen MR) is 84.0 cm³/mol. The summed E-state index contributed by atoms with van der Waals surface area (Å²) in [6, 6.07) is 1.69. The van der Waals surface area contributed by atoms with Gasteiger partial charge < -0.3 is 25.5 Å². The van der Waals surface area contributed by atoms with Crippen LogP contribution < -0.4 is 15.8 Å². The number of carbonyl (C=O) groups excluding carboxylic acids is 1. The molecule has 1 aliphatic heterocycles. The normalized spacial score (nSPS) is 17.2. The van der Waals surface area contributed by atoms with E-state index >= 15 is 0 Å². The quantitative estimate of drug-likeness (QED) is 0.789. The summed E-state index contributed by atoms with van der Waals surface area (Å²) in [6.45, 7) is 3.09. The van der Waals surface area contributed by atoms with Gasteiger partial charge in [-0.2, -0.15) is 0 Å². The maximum absolute atomic E-state index is 11.8. The molecule has 0 saturated carbocycles. The fourth-order valence-electron chi connectivity index (χ4n) is 2.46. The van der Waals surface area contributed by atoms with Crippen molar-refractivity contribution >= 4 is 12.0 Å². The number of aromatic nitrogens is 3. The molecule has 122 valence electrons. The number of anilines is 1. The molecule has 0 aliphatic carbocycles. The van der Waals surface area contributed by atoms with E-state index < -0.39 is 6.09 Å². The monoisotopic (exact) mass is 317 g/mol. The molecule has 1 unspecified atom stereocenters. The molecule has 3 heterocycles. The molecule has 2 aromatic heterocycles. The average Bonchev–Trinajstić information content (AvgIpc) is 3.19. The van der Waals surface area contributed by atoms with E-state index in [1.165, 1.54) is 0 Å². The number of nitrogen functional groups attached to an aromatic ring is 1. The highest BCUT2D eigenvalue weighted by Crippen LogP contribution is 2.24. The van der Waals surface area contributed by atoms with Crippen molar-refractivity contribution < 1.29 is 14.3 Å². The lowest BCUT2D eigenvalue weighted by Crippen LogP contribution is -2.33. The van der Waals surface area contributed by atoms with Gasteiger partial charge in [-0.15, -0.1) is 0 Å². The Balaban J connectivity index is 1.60. The highest BCUT2D eigenvalue weighted by atomic mass is 16.6. The lowest BCUT2D eigenvalue weighted by atomic mass is 10.1. The summed E-state index contributed by atoms with van der Waals surface area (Å²) in [5.41, 5.74) is 7.97. The number of hydrogen-bond donors (Lipinski definition) is 3. The Kier molecular flexibility index (Phi) is 4.42. The molecule has 1 fully saturated rings. The average molecular weight is 317 g/mol. The number of hydrogen-bond acceptors (Lipinski definition) is 6. The number of nitrogens with two attached hydrogens (primary N) is 1. The van der Waals surface area contributed by atoms with Crippen LogP contribution in [0.3, 0.4) is 0 Å². The number of nitrogens with zero attached hydrogens (tertiary/aromatic N) is 2. The van der Waals surface area contributed by atoms with Crippen molar-refractivity contribution in [2.75, 3.05) is 18.9 Å². The van der Waals surface area contributed by atoms with E-state index in [1.807, 2.05) is 6.92 Å². The van der Waals surface area contributed by atoms with Gasteiger partial charge in [-0.25, -0.2) is 14.8 Å². The topological polar surface area (TPSA) is 115 Å². The SMILES string of the molecule is Cc1cnc(N)nc1-c1c[nH]c(OC(=O)NCC2CCCO2)c1. The number of amides is 1. The third kappa shape index (κ3) is 3.78. The number of aromatic amines is 1. The van der Waals surface area contributed by atoms with Crippen LogP contribution in [0.2, 0.25) is 0 Å². The van der Waals surface area contributed by atoms with Crippen LogP contribution in [0.25, 0.3) is 11.3 Å². The Labute approximate surface area is 133 Å². The first-order valence-corrected chi connectivity index (χ1v) is 7.47. The van der Waals surface area contributed by atoms with Crippen molar-refractivity contribution in [2.45, 2.75) is 25.9 Å². The van der Waals surface area contributed by atoms with E-state index in [0.717, 1.165) is 30.6 Å². The fraction of sp³-hybridized carbons (Fsp3) is 0.400. The first kappa shape index (κ1) is 15.3. The summed E-state index contributed by atoms with van der Waals surface area (Å²) in [5.74, 6) is 0.532. The Morgan fingerprint density at radius 1 is 1.61 bits per heavy atom. The van der Waals surface area contributed by atoms with Crippen LogP contribution in [0, 0.1) is 6.92 Å². The first-order valence-electron chi connectivity index (χ1n) is 7.47. The van der Waals surface area contributed by atoms with E-state index in [2.05, 4.69) is 20.3 Å². The number of carbonyl (C=O) groups is 1. The highest BCUT2D eigenvalue weighted by molar-refractivity contribution is 5.71. The summed E-state index contributed by atoms with van der Waals surface area (Å²) in [7, 11) is 0. The Bertz CT molecular complexity index is 694. The van der Waals surface area contributed by atoms with Gasteiger partial charge in [-0.1, -0.05) is 0 Å². The van der Waals surface area contributed by atoms with Gasteiger partial charge >= 0.3 is 6.09 Å². The molecule has 1 amide bonds. The first-order chi connectivity index (χ1) is 11.1. The molecular weight excluding hydrogens is 298 g/mol. The molecule has 0 aromatic carbocycles.